The number of nitrogens with zero attached hydrogens (tertiary/aromatic N) is 6. The highest BCUT2D eigenvalue weighted by molar-refractivity contribution is 7.88. The van der Waals surface area contributed by atoms with Gasteiger partial charge in [0, 0.05) is 30.6 Å². The molecule has 0 aromatic carbocycles. The van der Waals surface area contributed by atoms with E-state index in [1.807, 2.05) is 6.07 Å². The number of rotatable bonds is 9. The van der Waals surface area contributed by atoms with Crippen molar-refractivity contribution in [3.8, 4) is 28.9 Å². The van der Waals surface area contributed by atoms with Crippen molar-refractivity contribution in [3.05, 3.63) is 40.9 Å². The molecule has 3 aromatic rings. The molecule has 0 bridgehead atoms. The molecule has 0 aliphatic heterocycles. The maximum Gasteiger partial charge on any atom is 0.460 e. The fourth-order valence-corrected chi connectivity index (χ4v) is 4.82. The number of aryl methyl sites for hydroxylation is 1. The number of aromatic nitrogens is 5. The first-order valence-corrected chi connectivity index (χ1v) is 13.7. The van der Waals surface area contributed by atoms with E-state index >= 15 is 0 Å². The highest BCUT2D eigenvalue weighted by Gasteiger charge is 2.86. The van der Waals surface area contributed by atoms with E-state index in [1.165, 1.54) is 0 Å². The molecule has 0 unspecified atom stereocenters. The second kappa shape index (κ2) is 10.9. The Hall–Kier alpha value is -4.27. The second-order valence-electron chi connectivity index (χ2n) is 9.71. The van der Waals surface area contributed by atoms with E-state index < -0.39 is 68.3 Å². The summed E-state index contributed by atoms with van der Waals surface area (Å²) in [7, 11) is -7.19. The molecule has 47 heavy (non-hydrogen) atoms. The molecule has 1 aliphatic rings. The third kappa shape index (κ3) is 5.89. The van der Waals surface area contributed by atoms with E-state index in [4.69, 9.17) is 11.6 Å². The fourth-order valence-electron chi connectivity index (χ4n) is 3.76. The lowest BCUT2D eigenvalue weighted by Crippen LogP contribution is -2.63. The average molecular weight is 734 g/mol. The summed E-state index contributed by atoms with van der Waals surface area (Å²) < 4.78 is 189. The first kappa shape index (κ1) is 35.6. The summed E-state index contributed by atoms with van der Waals surface area (Å²) >= 11 is 5.95. The zero-order valence-corrected chi connectivity index (χ0v) is 23.9. The van der Waals surface area contributed by atoms with Gasteiger partial charge in [0.1, 0.15) is 10.7 Å². The van der Waals surface area contributed by atoms with E-state index in [9.17, 15) is 71.2 Å². The number of nitriles is 1. The highest BCUT2D eigenvalue weighted by atomic mass is 35.5. The number of hydrogen-bond donors (Lipinski definition) is 1. The molecule has 1 fully saturated rings. The summed E-state index contributed by atoms with van der Waals surface area (Å²) in [4.78, 5) is 16.4. The topological polar surface area (TPSA) is 145 Å². The van der Waals surface area contributed by atoms with Crippen LogP contribution in [0.2, 0.25) is 5.15 Å². The smallest absolute Gasteiger partial charge is 0.355 e. The Morgan fingerprint density at radius 1 is 1.02 bits per heavy atom. The first-order chi connectivity index (χ1) is 21.2. The fraction of sp³-hybridized carbons (Fsp3) is 0.409. The zero-order chi connectivity index (χ0) is 35.8. The van der Waals surface area contributed by atoms with Crippen LogP contribution in [0.25, 0.3) is 16.9 Å². The Bertz CT molecular complexity index is 1890. The normalized spacial score (nSPS) is 15.7. The van der Waals surface area contributed by atoms with Crippen LogP contribution in [-0.4, -0.2) is 67.7 Å². The van der Waals surface area contributed by atoms with E-state index in [1.54, 1.807) is 0 Å². The van der Waals surface area contributed by atoms with Gasteiger partial charge in [-0.05, 0) is 18.9 Å². The van der Waals surface area contributed by atoms with Crippen molar-refractivity contribution in [1.29, 1.82) is 5.26 Å². The molecule has 1 amide bonds. The van der Waals surface area contributed by atoms with Crippen molar-refractivity contribution >= 4 is 27.6 Å². The SMILES string of the molecule is Cn1nc(OS(=O)(=O)C(F)(F)C(F)(F)C(F)(F)C(F)(F)F)c(C(F)(F)F)c1-n1cc(-c2cnc(Cl)c(C(=O)NC3(C#N)CC3)c2)cn1. The van der Waals surface area contributed by atoms with Crippen LogP contribution in [0.1, 0.15) is 28.8 Å². The monoisotopic (exact) mass is 733 g/mol. The van der Waals surface area contributed by atoms with Crippen LogP contribution < -0.4 is 9.50 Å². The largest absolute Gasteiger partial charge is 0.460 e. The van der Waals surface area contributed by atoms with Gasteiger partial charge in [0.05, 0.1) is 17.8 Å². The van der Waals surface area contributed by atoms with E-state index in [0.717, 1.165) is 24.7 Å². The van der Waals surface area contributed by atoms with Crippen LogP contribution >= 0.6 is 11.6 Å². The molecule has 1 N–H and O–H groups in total. The Morgan fingerprint density at radius 3 is 2.13 bits per heavy atom. The number of alkyl halides is 12. The van der Waals surface area contributed by atoms with Crippen LogP contribution in [0.15, 0.2) is 24.7 Å². The van der Waals surface area contributed by atoms with Gasteiger partial charge in [-0.15, -0.1) is 5.10 Å². The van der Waals surface area contributed by atoms with Gasteiger partial charge in [-0.1, -0.05) is 11.6 Å². The third-order valence-corrected chi connectivity index (χ3v) is 7.98. The number of pyridine rings is 1. The maximum atomic E-state index is 14.1. The molecule has 0 radical (unpaired) electrons. The number of nitrogens with one attached hydrogen (secondary N) is 1. The second-order valence-corrected chi connectivity index (χ2v) is 11.7. The minimum absolute atomic E-state index is 0.0464. The van der Waals surface area contributed by atoms with Crippen LogP contribution in [0.4, 0.5) is 52.7 Å². The summed E-state index contributed by atoms with van der Waals surface area (Å²) in [6.45, 7) is 0. The van der Waals surface area contributed by atoms with Crippen LogP contribution in [-0.2, 0) is 23.3 Å². The van der Waals surface area contributed by atoms with Crippen LogP contribution in [0, 0.1) is 11.3 Å². The minimum atomic E-state index is -7.80. The Kier molecular flexibility index (Phi) is 8.24. The molecule has 0 atom stereocenters. The standard InChI is InChI=1S/C22H12ClF12N7O4S/c1-41-16(42-7-10(6-38-42)9-4-11(13(23)37-5-9)14(43)39-17(8-36)2-3-17)12(18(24,25)26)15(40-41)46-47(44,45)22(34,35)20(29,30)19(27,28)21(31,32)33/h4-7H,2-3H2,1H3,(H,39,43). The van der Waals surface area contributed by atoms with Gasteiger partial charge in [-0.3, -0.25) is 4.79 Å². The molecule has 3 heterocycles. The molecular formula is C22H12ClF12N7O4S. The lowest BCUT2D eigenvalue weighted by Gasteiger charge is -2.32. The van der Waals surface area contributed by atoms with Gasteiger partial charge in [-0.25, -0.2) is 14.3 Å². The summed E-state index contributed by atoms with van der Waals surface area (Å²) in [5.74, 6) is -20.2. The van der Waals surface area contributed by atoms with E-state index in [0.29, 0.717) is 19.9 Å². The lowest BCUT2D eigenvalue weighted by molar-refractivity contribution is -0.382. The zero-order valence-electron chi connectivity index (χ0n) is 22.4. The molecule has 1 aliphatic carbocycles. The molecule has 0 spiro atoms. The minimum Gasteiger partial charge on any atom is -0.355 e. The molecular weight excluding hydrogens is 722 g/mol. The van der Waals surface area contributed by atoms with Gasteiger partial charge < -0.3 is 9.50 Å². The number of carbonyl (C=O) groups excluding carboxylic acids is 1. The summed E-state index contributed by atoms with van der Waals surface area (Å²) in [5.41, 5.74) is -4.05. The van der Waals surface area contributed by atoms with Gasteiger partial charge in [-0.2, -0.15) is 71.5 Å². The molecule has 256 valence electrons. The Labute approximate surface area is 257 Å². The van der Waals surface area contributed by atoms with Crippen molar-refractivity contribution in [1.82, 2.24) is 29.9 Å². The van der Waals surface area contributed by atoms with Crippen molar-refractivity contribution in [2.75, 3.05) is 0 Å². The molecule has 4 rings (SSSR count). The lowest BCUT2D eigenvalue weighted by atomic mass is 10.1. The Balaban J connectivity index is 1.75. The van der Waals surface area contributed by atoms with Gasteiger partial charge in [0.2, 0.25) is 0 Å². The molecule has 0 saturated heterocycles. The number of carbonyl (C=O) groups is 1. The predicted octanol–water partition coefficient (Wildman–Crippen LogP) is 5.26. The molecule has 3 aromatic heterocycles. The predicted molar refractivity (Wildman–Crippen MR) is 129 cm³/mol. The summed E-state index contributed by atoms with van der Waals surface area (Å²) in [6, 6.07) is 2.98. The molecule has 25 heteroatoms. The van der Waals surface area contributed by atoms with Crippen LogP contribution in [0.3, 0.4) is 0 Å². The molecule has 11 nitrogen and oxygen atoms in total. The van der Waals surface area contributed by atoms with Crippen molar-refractivity contribution in [2.24, 2.45) is 7.05 Å². The van der Waals surface area contributed by atoms with Gasteiger partial charge in [0.25, 0.3) is 11.8 Å². The van der Waals surface area contributed by atoms with E-state index in [2.05, 4.69) is 24.7 Å². The van der Waals surface area contributed by atoms with Crippen molar-refractivity contribution < 1.29 is 70.1 Å². The highest BCUT2D eigenvalue weighted by Crippen LogP contribution is 2.55. The Morgan fingerprint density at radius 2 is 1.62 bits per heavy atom. The quantitative estimate of drug-likeness (QED) is 0.178. The van der Waals surface area contributed by atoms with Gasteiger partial charge >= 0.3 is 39.6 Å². The van der Waals surface area contributed by atoms with Gasteiger partial charge in [0.15, 0.2) is 11.4 Å². The van der Waals surface area contributed by atoms with Crippen molar-refractivity contribution in [2.45, 2.75) is 47.8 Å². The maximum absolute atomic E-state index is 14.1. The molecule has 1 saturated carbocycles. The number of amides is 1. The summed E-state index contributed by atoms with van der Waals surface area (Å²) in [5, 5.41) is 10.2. The van der Waals surface area contributed by atoms with E-state index in [-0.39, 0.29) is 31.2 Å². The number of halogens is 13. The van der Waals surface area contributed by atoms with Crippen molar-refractivity contribution in [3.63, 3.8) is 0 Å². The third-order valence-electron chi connectivity index (χ3n) is 6.42. The first-order valence-electron chi connectivity index (χ1n) is 12.0. The average Bonchev–Trinajstić information content (AvgIpc) is 3.38. The number of hydrogen-bond acceptors (Lipinski definition) is 8. The summed E-state index contributed by atoms with van der Waals surface area (Å²) in [6.07, 6.45) is -10.0. The van der Waals surface area contributed by atoms with Crippen LogP contribution in [0.5, 0.6) is 5.88 Å².